The average Bonchev–Trinajstić information content (AvgIpc) is 2.97. The lowest BCUT2D eigenvalue weighted by atomic mass is 10.2. The summed E-state index contributed by atoms with van der Waals surface area (Å²) >= 11 is 3.32. The van der Waals surface area contributed by atoms with Gasteiger partial charge < -0.3 is 9.84 Å². The van der Waals surface area contributed by atoms with Gasteiger partial charge in [-0.1, -0.05) is 5.16 Å². The third-order valence-electron chi connectivity index (χ3n) is 3.68. The van der Waals surface area contributed by atoms with Crippen molar-refractivity contribution in [3.8, 4) is 11.5 Å². The maximum Gasteiger partial charge on any atom is 0.259 e. The lowest BCUT2D eigenvalue weighted by Crippen LogP contribution is -2.44. The highest BCUT2D eigenvalue weighted by molar-refractivity contribution is 9.10. The number of piperazine rings is 1. The zero-order chi connectivity index (χ0) is 14.8. The predicted molar refractivity (Wildman–Crippen MR) is 80.2 cm³/mol. The van der Waals surface area contributed by atoms with Gasteiger partial charge in [-0.05, 0) is 41.1 Å². The van der Waals surface area contributed by atoms with Crippen LogP contribution < -0.4 is 5.32 Å². The maximum atomic E-state index is 13.1. The van der Waals surface area contributed by atoms with E-state index in [9.17, 15) is 4.39 Å². The van der Waals surface area contributed by atoms with E-state index in [0.29, 0.717) is 21.8 Å². The molecule has 1 fully saturated rings. The monoisotopic (exact) mass is 354 g/mol. The Bertz CT molecular complexity index is 627. The summed E-state index contributed by atoms with van der Waals surface area (Å²) in [6, 6.07) is 4.50. The van der Waals surface area contributed by atoms with Gasteiger partial charge in [0, 0.05) is 30.7 Å². The molecule has 1 N–H and O–H groups in total. The summed E-state index contributed by atoms with van der Waals surface area (Å²) in [4.78, 5) is 6.76. The molecule has 1 aliphatic heterocycles. The third kappa shape index (κ3) is 3.14. The van der Waals surface area contributed by atoms with Gasteiger partial charge in [-0.15, -0.1) is 0 Å². The van der Waals surface area contributed by atoms with Crippen LogP contribution >= 0.6 is 15.9 Å². The predicted octanol–water partition coefficient (Wildman–Crippen LogP) is 2.60. The van der Waals surface area contributed by atoms with Crippen LogP contribution in [-0.2, 0) is 0 Å². The van der Waals surface area contributed by atoms with Gasteiger partial charge in [0.25, 0.3) is 5.89 Å². The SMILES string of the molecule is CC(c1noc(-c2ccc(F)cc2Br)n1)N1CCNCC1. The number of hydrogen-bond donors (Lipinski definition) is 1. The van der Waals surface area contributed by atoms with E-state index < -0.39 is 0 Å². The number of hydrogen-bond acceptors (Lipinski definition) is 5. The summed E-state index contributed by atoms with van der Waals surface area (Å²) in [5, 5.41) is 7.39. The molecule has 0 spiro atoms. The number of halogens is 2. The molecule has 7 heteroatoms. The summed E-state index contributed by atoms with van der Waals surface area (Å²) in [6.45, 7) is 5.94. The average molecular weight is 355 g/mol. The number of nitrogens with zero attached hydrogens (tertiary/aromatic N) is 3. The van der Waals surface area contributed by atoms with Gasteiger partial charge in [0.15, 0.2) is 5.82 Å². The molecule has 1 atom stereocenters. The molecule has 0 radical (unpaired) electrons. The van der Waals surface area contributed by atoms with Gasteiger partial charge in [-0.2, -0.15) is 4.98 Å². The number of rotatable bonds is 3. The molecule has 0 amide bonds. The van der Waals surface area contributed by atoms with E-state index >= 15 is 0 Å². The second-order valence-electron chi connectivity index (χ2n) is 5.04. The van der Waals surface area contributed by atoms with Gasteiger partial charge in [0.05, 0.1) is 11.6 Å². The first-order chi connectivity index (χ1) is 10.1. The maximum absolute atomic E-state index is 13.1. The summed E-state index contributed by atoms with van der Waals surface area (Å²) in [5.41, 5.74) is 0.697. The van der Waals surface area contributed by atoms with Crippen molar-refractivity contribution < 1.29 is 8.91 Å². The van der Waals surface area contributed by atoms with Crippen molar-refractivity contribution in [3.05, 3.63) is 34.3 Å². The Morgan fingerprint density at radius 3 is 2.86 bits per heavy atom. The van der Waals surface area contributed by atoms with Crippen LogP contribution in [0.3, 0.4) is 0 Å². The molecule has 3 rings (SSSR count). The van der Waals surface area contributed by atoms with Gasteiger partial charge in [-0.25, -0.2) is 4.39 Å². The van der Waals surface area contributed by atoms with E-state index in [-0.39, 0.29) is 11.9 Å². The van der Waals surface area contributed by atoms with Gasteiger partial charge in [-0.3, -0.25) is 4.90 Å². The van der Waals surface area contributed by atoms with E-state index in [1.54, 1.807) is 6.07 Å². The zero-order valence-electron chi connectivity index (χ0n) is 11.6. The fraction of sp³-hybridized carbons (Fsp3) is 0.429. The molecule has 21 heavy (non-hydrogen) atoms. The summed E-state index contributed by atoms with van der Waals surface area (Å²) in [7, 11) is 0. The molecule has 1 saturated heterocycles. The van der Waals surface area contributed by atoms with E-state index in [0.717, 1.165) is 26.2 Å². The van der Waals surface area contributed by atoms with Crippen LogP contribution in [0.15, 0.2) is 27.2 Å². The molecule has 1 aliphatic rings. The molecule has 5 nitrogen and oxygen atoms in total. The molecular formula is C14H16BrFN4O. The molecule has 1 unspecified atom stereocenters. The normalized spacial score (nSPS) is 17.9. The van der Waals surface area contributed by atoms with Crippen molar-refractivity contribution in [3.63, 3.8) is 0 Å². The topological polar surface area (TPSA) is 54.2 Å². The number of nitrogens with one attached hydrogen (secondary N) is 1. The number of benzene rings is 1. The van der Waals surface area contributed by atoms with Crippen LogP contribution in [0.5, 0.6) is 0 Å². The Balaban J connectivity index is 1.82. The molecule has 0 aliphatic carbocycles. The Labute approximate surface area is 130 Å². The van der Waals surface area contributed by atoms with E-state index in [1.807, 2.05) is 0 Å². The smallest absolute Gasteiger partial charge is 0.259 e. The van der Waals surface area contributed by atoms with Gasteiger partial charge >= 0.3 is 0 Å². The Morgan fingerprint density at radius 2 is 2.14 bits per heavy atom. The third-order valence-corrected chi connectivity index (χ3v) is 4.33. The molecule has 112 valence electrons. The summed E-state index contributed by atoms with van der Waals surface area (Å²) < 4.78 is 19.1. The Hall–Kier alpha value is -1.31. The number of aromatic nitrogens is 2. The van der Waals surface area contributed by atoms with Gasteiger partial charge in [0.2, 0.25) is 0 Å². The first-order valence-corrected chi connectivity index (χ1v) is 7.68. The first kappa shape index (κ1) is 14.6. The quantitative estimate of drug-likeness (QED) is 0.917. The van der Waals surface area contributed by atoms with Crippen molar-refractivity contribution in [1.82, 2.24) is 20.4 Å². The van der Waals surface area contributed by atoms with Gasteiger partial charge in [0.1, 0.15) is 5.82 Å². The lowest BCUT2D eigenvalue weighted by Gasteiger charge is -2.30. The van der Waals surface area contributed by atoms with E-state index in [2.05, 4.69) is 43.2 Å². The minimum Gasteiger partial charge on any atom is -0.334 e. The van der Waals surface area contributed by atoms with Crippen molar-refractivity contribution in [2.75, 3.05) is 26.2 Å². The molecular weight excluding hydrogens is 339 g/mol. The van der Waals surface area contributed by atoms with Crippen LogP contribution in [0.1, 0.15) is 18.8 Å². The second-order valence-corrected chi connectivity index (χ2v) is 5.90. The molecule has 0 saturated carbocycles. The fourth-order valence-corrected chi connectivity index (χ4v) is 2.93. The highest BCUT2D eigenvalue weighted by atomic mass is 79.9. The van der Waals surface area contributed by atoms with Crippen LogP contribution in [-0.4, -0.2) is 41.2 Å². The van der Waals surface area contributed by atoms with E-state index in [1.165, 1.54) is 12.1 Å². The molecule has 1 aromatic carbocycles. The standard InChI is InChI=1S/C14H16BrFN4O/c1-9(20-6-4-17-5-7-20)13-18-14(21-19-13)11-3-2-10(16)8-12(11)15/h2-3,8-9,17H,4-7H2,1H3. The largest absolute Gasteiger partial charge is 0.334 e. The van der Waals surface area contributed by atoms with Crippen molar-refractivity contribution in [2.45, 2.75) is 13.0 Å². The van der Waals surface area contributed by atoms with Crippen LogP contribution in [0.25, 0.3) is 11.5 Å². The van der Waals surface area contributed by atoms with Crippen molar-refractivity contribution in [2.24, 2.45) is 0 Å². The minimum atomic E-state index is -0.306. The van der Waals surface area contributed by atoms with E-state index in [4.69, 9.17) is 4.52 Å². The highest BCUT2D eigenvalue weighted by Crippen LogP contribution is 2.29. The molecule has 0 bridgehead atoms. The van der Waals surface area contributed by atoms with Crippen LogP contribution in [0.2, 0.25) is 0 Å². The first-order valence-electron chi connectivity index (χ1n) is 6.89. The lowest BCUT2D eigenvalue weighted by molar-refractivity contribution is 0.176. The molecule has 2 heterocycles. The highest BCUT2D eigenvalue weighted by Gasteiger charge is 2.23. The second kappa shape index (κ2) is 6.21. The molecule has 2 aromatic rings. The zero-order valence-corrected chi connectivity index (χ0v) is 13.2. The summed E-state index contributed by atoms with van der Waals surface area (Å²) in [6.07, 6.45) is 0. The molecule has 1 aromatic heterocycles. The fourth-order valence-electron chi connectivity index (χ4n) is 2.41. The summed E-state index contributed by atoms with van der Waals surface area (Å²) in [5.74, 6) is 0.751. The van der Waals surface area contributed by atoms with Crippen LogP contribution in [0, 0.1) is 5.82 Å². The Morgan fingerprint density at radius 1 is 1.38 bits per heavy atom. The minimum absolute atomic E-state index is 0.101. The van der Waals surface area contributed by atoms with Crippen LogP contribution in [0.4, 0.5) is 4.39 Å². The Kier molecular flexibility index (Phi) is 4.32. The van der Waals surface area contributed by atoms with Crippen molar-refractivity contribution in [1.29, 1.82) is 0 Å². The van der Waals surface area contributed by atoms with Crippen molar-refractivity contribution >= 4 is 15.9 Å².